The first kappa shape index (κ1) is 14.7. The molecule has 1 aromatic rings. The number of carbonyl (C=O) groups is 2. The van der Waals surface area contributed by atoms with Crippen molar-refractivity contribution in [3.63, 3.8) is 0 Å². The molecule has 0 saturated heterocycles. The highest BCUT2D eigenvalue weighted by Crippen LogP contribution is 2.20. The molecule has 4 nitrogen and oxygen atoms in total. The Morgan fingerprint density at radius 1 is 1.22 bits per heavy atom. The third kappa shape index (κ3) is 3.57. The van der Waals surface area contributed by atoms with Gasteiger partial charge in [0.2, 0.25) is 0 Å². The fourth-order valence-corrected chi connectivity index (χ4v) is 2.21. The van der Waals surface area contributed by atoms with Crippen molar-refractivity contribution >= 4 is 27.9 Å². The molecule has 0 bridgehead atoms. The van der Waals surface area contributed by atoms with E-state index in [1.54, 1.807) is 12.1 Å². The highest BCUT2D eigenvalue weighted by molar-refractivity contribution is 9.08. The number of ether oxygens (including phenoxy) is 2. The minimum absolute atomic E-state index is 0.241. The quantitative estimate of drug-likeness (QED) is 0.619. The van der Waals surface area contributed by atoms with Gasteiger partial charge in [-0.25, -0.2) is 4.79 Å². The first-order valence-corrected chi connectivity index (χ1v) is 6.58. The van der Waals surface area contributed by atoms with Crippen LogP contribution in [0.3, 0.4) is 0 Å². The highest BCUT2D eigenvalue weighted by atomic mass is 79.9. The van der Waals surface area contributed by atoms with E-state index in [9.17, 15) is 9.59 Å². The largest absolute Gasteiger partial charge is 0.469 e. The van der Waals surface area contributed by atoms with Crippen molar-refractivity contribution in [2.75, 3.05) is 14.2 Å². The summed E-state index contributed by atoms with van der Waals surface area (Å²) in [5, 5.41) is 0.619. The molecule has 0 fully saturated rings. The van der Waals surface area contributed by atoms with Crippen molar-refractivity contribution in [3.05, 3.63) is 34.9 Å². The number of hydrogen-bond acceptors (Lipinski definition) is 4. The second-order valence-corrected chi connectivity index (χ2v) is 4.21. The van der Waals surface area contributed by atoms with Crippen LogP contribution in [-0.4, -0.2) is 26.2 Å². The van der Waals surface area contributed by atoms with Crippen LogP contribution in [0.1, 0.15) is 27.9 Å². The molecule has 0 heterocycles. The normalized spacial score (nSPS) is 9.94. The van der Waals surface area contributed by atoms with E-state index in [0.29, 0.717) is 17.3 Å². The van der Waals surface area contributed by atoms with Crippen LogP contribution in [-0.2, 0) is 26.0 Å². The average molecular weight is 315 g/mol. The van der Waals surface area contributed by atoms with Gasteiger partial charge in [-0.05, 0) is 23.6 Å². The van der Waals surface area contributed by atoms with Gasteiger partial charge in [-0.15, -0.1) is 0 Å². The predicted octanol–water partition coefficient (Wildman–Crippen LogP) is 2.47. The summed E-state index contributed by atoms with van der Waals surface area (Å²) in [5.74, 6) is -0.687. The minimum Gasteiger partial charge on any atom is -0.469 e. The number of halogens is 1. The van der Waals surface area contributed by atoms with Gasteiger partial charge in [0.05, 0.1) is 19.8 Å². The molecule has 98 valence electrons. The second-order valence-electron chi connectivity index (χ2n) is 3.64. The van der Waals surface area contributed by atoms with Crippen molar-refractivity contribution in [2.45, 2.75) is 18.2 Å². The number of alkyl halides is 1. The van der Waals surface area contributed by atoms with E-state index >= 15 is 0 Å². The van der Waals surface area contributed by atoms with E-state index in [4.69, 9.17) is 4.74 Å². The van der Waals surface area contributed by atoms with Gasteiger partial charge < -0.3 is 9.47 Å². The number of rotatable bonds is 5. The Morgan fingerprint density at radius 2 is 1.94 bits per heavy atom. The van der Waals surface area contributed by atoms with Gasteiger partial charge in [0, 0.05) is 11.8 Å². The van der Waals surface area contributed by atoms with Crippen molar-refractivity contribution in [2.24, 2.45) is 0 Å². The molecule has 1 rings (SSSR count). The first-order valence-electron chi connectivity index (χ1n) is 5.45. The molecular formula is C13H15BrO4. The lowest BCUT2D eigenvalue weighted by Gasteiger charge is -2.11. The molecule has 0 aromatic heterocycles. The van der Waals surface area contributed by atoms with Crippen LogP contribution < -0.4 is 0 Å². The average Bonchev–Trinajstić information content (AvgIpc) is 2.43. The lowest BCUT2D eigenvalue weighted by molar-refractivity contribution is -0.140. The van der Waals surface area contributed by atoms with E-state index in [-0.39, 0.29) is 12.4 Å². The second kappa shape index (κ2) is 7.16. The lowest BCUT2D eigenvalue weighted by Crippen LogP contribution is -2.10. The zero-order chi connectivity index (χ0) is 13.5. The number of benzene rings is 1. The summed E-state index contributed by atoms with van der Waals surface area (Å²) in [7, 11) is 2.69. The summed E-state index contributed by atoms with van der Waals surface area (Å²) >= 11 is 3.37. The Labute approximate surface area is 114 Å². The van der Waals surface area contributed by atoms with Crippen LogP contribution in [0, 0.1) is 0 Å². The molecule has 0 radical (unpaired) electrons. The minimum atomic E-state index is -0.391. The highest BCUT2D eigenvalue weighted by Gasteiger charge is 2.15. The number of hydrogen-bond donors (Lipinski definition) is 0. The molecule has 18 heavy (non-hydrogen) atoms. The molecule has 5 heteroatoms. The summed E-state index contributed by atoms with van der Waals surface area (Å²) in [4.78, 5) is 22.8. The van der Waals surface area contributed by atoms with Crippen molar-refractivity contribution in [1.82, 2.24) is 0 Å². The van der Waals surface area contributed by atoms with Crippen LogP contribution >= 0.6 is 15.9 Å². The maximum absolute atomic E-state index is 11.7. The van der Waals surface area contributed by atoms with Crippen molar-refractivity contribution in [1.29, 1.82) is 0 Å². The van der Waals surface area contributed by atoms with Crippen molar-refractivity contribution < 1.29 is 19.1 Å². The van der Waals surface area contributed by atoms with Gasteiger partial charge in [-0.2, -0.15) is 0 Å². The molecule has 0 amide bonds. The monoisotopic (exact) mass is 314 g/mol. The third-order valence-electron chi connectivity index (χ3n) is 2.63. The maximum atomic E-state index is 11.7. The zero-order valence-electron chi connectivity index (χ0n) is 10.4. The first-order chi connectivity index (χ1) is 8.63. The lowest BCUT2D eigenvalue weighted by atomic mass is 9.98. The predicted molar refractivity (Wildman–Crippen MR) is 70.7 cm³/mol. The molecule has 0 aliphatic heterocycles. The number of esters is 2. The Bertz CT molecular complexity index is 443. The van der Waals surface area contributed by atoms with E-state index in [1.165, 1.54) is 14.2 Å². The smallest absolute Gasteiger partial charge is 0.338 e. The molecule has 0 aliphatic carbocycles. The van der Waals surface area contributed by atoms with Crippen LogP contribution in [0.25, 0.3) is 0 Å². The summed E-state index contributed by atoms with van der Waals surface area (Å²) in [6, 6.07) is 5.41. The Morgan fingerprint density at radius 3 is 2.50 bits per heavy atom. The number of methoxy groups -OCH3 is 2. The molecule has 0 spiro atoms. The summed E-state index contributed by atoms with van der Waals surface area (Å²) < 4.78 is 9.34. The van der Waals surface area contributed by atoms with Crippen molar-refractivity contribution in [3.8, 4) is 0 Å². The Hall–Kier alpha value is -1.36. The van der Waals surface area contributed by atoms with Gasteiger partial charge in [0.25, 0.3) is 0 Å². The summed E-state index contributed by atoms with van der Waals surface area (Å²) in [6.07, 6.45) is 0.698. The standard InChI is InChI=1S/C13H15BrO4/c1-17-12(15)7-6-10-9(8-14)4-3-5-11(10)13(16)18-2/h3-5H,6-8H2,1-2H3. The SMILES string of the molecule is COC(=O)CCc1c(CBr)cccc1C(=O)OC. The zero-order valence-corrected chi connectivity index (χ0v) is 12.0. The third-order valence-corrected chi connectivity index (χ3v) is 3.23. The van der Waals surface area contributed by atoms with Crippen LogP contribution in [0.5, 0.6) is 0 Å². The molecular weight excluding hydrogens is 300 g/mol. The van der Waals surface area contributed by atoms with Crippen LogP contribution in [0.2, 0.25) is 0 Å². The van der Waals surface area contributed by atoms with E-state index in [1.807, 2.05) is 6.07 Å². The summed E-state index contributed by atoms with van der Waals surface area (Å²) in [6.45, 7) is 0. The number of carbonyl (C=O) groups excluding carboxylic acids is 2. The van der Waals surface area contributed by atoms with E-state index in [2.05, 4.69) is 20.7 Å². The van der Waals surface area contributed by atoms with Gasteiger partial charge in [0.15, 0.2) is 0 Å². The maximum Gasteiger partial charge on any atom is 0.338 e. The van der Waals surface area contributed by atoms with E-state index in [0.717, 1.165) is 11.1 Å². The van der Waals surface area contributed by atoms with Gasteiger partial charge in [0.1, 0.15) is 0 Å². The Kier molecular flexibility index (Phi) is 5.85. The van der Waals surface area contributed by atoms with Gasteiger partial charge in [-0.1, -0.05) is 28.1 Å². The fourth-order valence-electron chi connectivity index (χ4n) is 1.69. The van der Waals surface area contributed by atoms with Crippen LogP contribution in [0.15, 0.2) is 18.2 Å². The fraction of sp³-hybridized carbons (Fsp3) is 0.385. The molecule has 0 atom stereocenters. The Balaban J connectivity index is 3.04. The molecule has 0 unspecified atom stereocenters. The summed E-state index contributed by atoms with van der Waals surface area (Å²) in [5.41, 5.74) is 2.30. The molecule has 0 saturated carbocycles. The van der Waals surface area contributed by atoms with Gasteiger partial charge >= 0.3 is 11.9 Å². The van der Waals surface area contributed by atoms with Crippen LogP contribution in [0.4, 0.5) is 0 Å². The molecule has 0 aliphatic rings. The molecule has 1 aromatic carbocycles. The van der Waals surface area contributed by atoms with Gasteiger partial charge in [-0.3, -0.25) is 4.79 Å². The van der Waals surface area contributed by atoms with E-state index < -0.39 is 5.97 Å². The topological polar surface area (TPSA) is 52.6 Å². The molecule has 0 N–H and O–H groups in total.